The molecule has 2 aromatic heterocycles. The van der Waals surface area contributed by atoms with E-state index in [9.17, 15) is 9.59 Å². The summed E-state index contributed by atoms with van der Waals surface area (Å²) >= 11 is 6.79. The zero-order chi connectivity index (χ0) is 18.8. The van der Waals surface area contributed by atoms with Crippen LogP contribution in [0.3, 0.4) is 0 Å². The number of carbonyl (C=O) groups excluding carboxylic acids is 1. The second-order valence-electron chi connectivity index (χ2n) is 6.15. The highest BCUT2D eigenvalue weighted by atomic mass is 32.2. The number of nitrogens with zero attached hydrogens (tertiary/aromatic N) is 2. The maximum atomic E-state index is 12.5. The Morgan fingerprint density at radius 2 is 2.04 bits per heavy atom. The van der Waals surface area contributed by atoms with Crippen molar-refractivity contribution in [1.82, 2.24) is 8.26 Å². The van der Waals surface area contributed by atoms with E-state index in [2.05, 4.69) is 9.62 Å². The summed E-state index contributed by atoms with van der Waals surface area (Å²) in [5.41, 5.74) is 0.736. The van der Waals surface area contributed by atoms with Crippen LogP contribution in [0.15, 0.2) is 39.3 Å². The Hall–Kier alpha value is -1.26. The zero-order valence-electron chi connectivity index (χ0n) is 14.8. The minimum Gasteiger partial charge on any atom is -0.323 e. The molecule has 0 atom stereocenters. The first-order valence-electron chi connectivity index (χ1n) is 8.60. The van der Waals surface area contributed by atoms with E-state index in [0.717, 1.165) is 28.4 Å². The second-order valence-corrected chi connectivity index (χ2v) is 11.1. The van der Waals surface area contributed by atoms with Crippen molar-refractivity contribution in [2.75, 3.05) is 29.9 Å². The van der Waals surface area contributed by atoms with Crippen LogP contribution in [0.25, 0.3) is 10.1 Å². The van der Waals surface area contributed by atoms with Crippen LogP contribution < -0.4 is 10.9 Å². The van der Waals surface area contributed by atoms with Crippen LogP contribution in [0.4, 0.5) is 5.69 Å². The van der Waals surface area contributed by atoms with Crippen LogP contribution in [0.1, 0.15) is 4.88 Å². The molecular weight excluding hydrogens is 418 g/mol. The first kappa shape index (κ1) is 19.1. The highest BCUT2D eigenvalue weighted by molar-refractivity contribution is 8.00. The fourth-order valence-corrected chi connectivity index (χ4v) is 7.29. The van der Waals surface area contributed by atoms with Gasteiger partial charge in [0, 0.05) is 29.5 Å². The lowest BCUT2D eigenvalue weighted by molar-refractivity contribution is -0.116. The molecule has 4 rings (SSSR count). The summed E-state index contributed by atoms with van der Waals surface area (Å²) in [6, 6.07) is 9.49. The number of amides is 1. The fourth-order valence-electron chi connectivity index (χ4n) is 2.83. The van der Waals surface area contributed by atoms with Crippen LogP contribution in [-0.4, -0.2) is 38.8 Å². The van der Waals surface area contributed by atoms with E-state index in [4.69, 9.17) is 0 Å². The number of aromatic nitrogens is 1. The molecule has 1 N–H and O–H groups in total. The zero-order valence-corrected chi connectivity index (χ0v) is 18.0. The Morgan fingerprint density at radius 1 is 1.26 bits per heavy atom. The smallest absolute Gasteiger partial charge is 0.268 e. The van der Waals surface area contributed by atoms with Gasteiger partial charge >= 0.3 is 0 Å². The first-order chi connectivity index (χ1) is 13.1. The van der Waals surface area contributed by atoms with Gasteiger partial charge in [-0.05, 0) is 37.1 Å². The molecule has 1 fully saturated rings. The van der Waals surface area contributed by atoms with E-state index in [-0.39, 0.29) is 18.0 Å². The van der Waals surface area contributed by atoms with Crippen LogP contribution in [-0.2, 0) is 11.3 Å². The lowest BCUT2D eigenvalue weighted by Crippen LogP contribution is -2.26. The molecule has 27 heavy (non-hydrogen) atoms. The van der Waals surface area contributed by atoms with Crippen LogP contribution in [0.2, 0.25) is 0 Å². The molecule has 1 aliphatic heterocycles. The van der Waals surface area contributed by atoms with Crippen LogP contribution >= 0.6 is 46.6 Å². The quantitative estimate of drug-likeness (QED) is 0.609. The van der Waals surface area contributed by atoms with Crippen molar-refractivity contribution >= 4 is 68.3 Å². The number of rotatable bonds is 5. The third kappa shape index (κ3) is 4.43. The number of benzene rings is 1. The van der Waals surface area contributed by atoms with E-state index in [1.165, 1.54) is 31.2 Å². The third-order valence-electron chi connectivity index (χ3n) is 4.20. The number of thioether (sulfide) groups is 1. The largest absolute Gasteiger partial charge is 0.323 e. The summed E-state index contributed by atoms with van der Waals surface area (Å²) in [5.74, 6) is 2.17. The van der Waals surface area contributed by atoms with Gasteiger partial charge < -0.3 is 5.32 Å². The average molecular weight is 438 g/mol. The van der Waals surface area contributed by atoms with Crippen molar-refractivity contribution in [3.63, 3.8) is 0 Å². The van der Waals surface area contributed by atoms with E-state index in [0.29, 0.717) is 5.39 Å². The van der Waals surface area contributed by atoms with Crippen molar-refractivity contribution in [1.29, 1.82) is 0 Å². The van der Waals surface area contributed by atoms with Gasteiger partial charge in [-0.2, -0.15) is 11.8 Å². The lowest BCUT2D eigenvalue weighted by atomic mass is 10.3. The van der Waals surface area contributed by atoms with E-state index in [1.54, 1.807) is 29.4 Å². The van der Waals surface area contributed by atoms with Crippen molar-refractivity contribution < 1.29 is 4.79 Å². The number of nitrogens with one attached hydrogen (secondary N) is 1. The maximum absolute atomic E-state index is 12.5. The number of hydrogen-bond acceptors (Lipinski definition) is 7. The molecule has 0 aliphatic carbocycles. The molecule has 0 saturated carbocycles. The average Bonchev–Trinajstić information content (AvgIpc) is 3.16. The van der Waals surface area contributed by atoms with Gasteiger partial charge in [-0.1, -0.05) is 23.7 Å². The fraction of sp³-hybridized carbons (Fsp3) is 0.333. The predicted molar refractivity (Wildman–Crippen MR) is 119 cm³/mol. The highest BCUT2D eigenvalue weighted by Gasteiger charge is 2.16. The predicted octanol–water partition coefficient (Wildman–Crippen LogP) is 4.13. The highest BCUT2D eigenvalue weighted by Crippen LogP contribution is 2.36. The van der Waals surface area contributed by atoms with Crippen molar-refractivity contribution in [2.24, 2.45) is 0 Å². The number of aryl methyl sites for hydroxylation is 1. The van der Waals surface area contributed by atoms with Crippen LogP contribution in [0, 0.1) is 6.92 Å². The van der Waals surface area contributed by atoms with Gasteiger partial charge in [-0.25, -0.2) is 4.31 Å². The summed E-state index contributed by atoms with van der Waals surface area (Å²) in [6.07, 6.45) is 0. The molecule has 1 aromatic carbocycles. The van der Waals surface area contributed by atoms with Gasteiger partial charge in [0.1, 0.15) is 6.54 Å². The third-order valence-corrected chi connectivity index (χ3v) is 8.45. The summed E-state index contributed by atoms with van der Waals surface area (Å²) in [6.45, 7) is 4.23. The summed E-state index contributed by atoms with van der Waals surface area (Å²) in [7, 11) is 0. The summed E-state index contributed by atoms with van der Waals surface area (Å²) < 4.78 is 5.99. The van der Waals surface area contributed by atoms with Crippen molar-refractivity contribution in [3.05, 3.63) is 45.6 Å². The molecule has 1 saturated heterocycles. The molecular formula is C18H19N3O2S4. The molecule has 142 valence electrons. The number of carbonyl (C=O) groups is 1. The number of thiophene rings is 1. The molecule has 0 spiro atoms. The molecule has 1 aliphatic rings. The normalized spacial score (nSPS) is 15.3. The van der Waals surface area contributed by atoms with E-state index >= 15 is 0 Å². The summed E-state index contributed by atoms with van der Waals surface area (Å²) in [5, 5.41) is 3.64. The first-order valence-corrected chi connectivity index (χ1v) is 12.1. The summed E-state index contributed by atoms with van der Waals surface area (Å²) in [4.78, 5) is 26.0. The van der Waals surface area contributed by atoms with Crippen LogP contribution in [0.5, 0.6) is 0 Å². The Labute approximate surface area is 174 Å². The molecule has 1 amide bonds. The Bertz CT molecular complexity index is 1020. The van der Waals surface area contributed by atoms with Crippen molar-refractivity contribution in [2.45, 2.75) is 17.7 Å². The molecule has 3 heterocycles. The minimum absolute atomic E-state index is 0.0410. The second kappa shape index (κ2) is 8.40. The van der Waals surface area contributed by atoms with Gasteiger partial charge in [0.2, 0.25) is 5.91 Å². The SMILES string of the molecule is Cc1sc(SN2CCSCC2)cc1NC(=O)Cn1sc2ccccc2c1=O. The Balaban J connectivity index is 1.43. The standard InChI is InChI=1S/C18H19N3O2S4/c1-12-14(10-17(25-12)27-20-6-8-24-9-7-20)19-16(22)11-21-18(23)13-4-2-3-5-15(13)26-21/h2-5,10H,6-9,11H2,1H3,(H,19,22). The van der Waals surface area contributed by atoms with Gasteiger partial charge in [-0.3, -0.25) is 13.5 Å². The lowest BCUT2D eigenvalue weighted by Gasteiger charge is -2.23. The van der Waals surface area contributed by atoms with Gasteiger partial charge in [-0.15, -0.1) is 11.3 Å². The number of anilines is 1. The van der Waals surface area contributed by atoms with Gasteiger partial charge in [0.25, 0.3) is 5.56 Å². The topological polar surface area (TPSA) is 54.3 Å². The molecule has 9 heteroatoms. The molecule has 3 aromatic rings. The Kier molecular flexibility index (Phi) is 5.93. The minimum atomic E-state index is -0.171. The molecule has 0 radical (unpaired) electrons. The maximum Gasteiger partial charge on any atom is 0.268 e. The Morgan fingerprint density at radius 3 is 2.81 bits per heavy atom. The van der Waals surface area contributed by atoms with E-state index in [1.807, 2.05) is 43.0 Å². The molecule has 5 nitrogen and oxygen atoms in total. The molecule has 0 bridgehead atoms. The van der Waals surface area contributed by atoms with Gasteiger partial charge in [0.05, 0.1) is 20.0 Å². The monoisotopic (exact) mass is 437 g/mol. The van der Waals surface area contributed by atoms with Gasteiger partial charge in [0.15, 0.2) is 0 Å². The number of fused-ring (bicyclic) bond motifs is 1. The van der Waals surface area contributed by atoms with E-state index < -0.39 is 0 Å². The number of hydrogen-bond donors (Lipinski definition) is 1. The van der Waals surface area contributed by atoms with Crippen molar-refractivity contribution in [3.8, 4) is 0 Å². The molecule has 0 unspecified atom stereocenters.